The fraction of sp³-hybridized carbons (Fsp3) is 0.556. The van der Waals surface area contributed by atoms with Crippen LogP contribution in [0.2, 0.25) is 0 Å². The van der Waals surface area contributed by atoms with Gasteiger partial charge < -0.3 is 15.4 Å². The van der Waals surface area contributed by atoms with Crippen molar-refractivity contribution in [1.29, 1.82) is 0 Å². The average Bonchev–Trinajstić information content (AvgIpc) is 3.16. The van der Waals surface area contributed by atoms with Gasteiger partial charge in [0.1, 0.15) is 9.88 Å². The first kappa shape index (κ1) is 21.3. The molecule has 2 aromatic heterocycles. The van der Waals surface area contributed by atoms with E-state index in [0.29, 0.717) is 23.1 Å². The number of guanidine groups is 1. The second kappa shape index (κ2) is 9.80. The lowest BCUT2D eigenvalue weighted by Gasteiger charge is -2.16. The molecule has 0 bridgehead atoms. The molecule has 2 N–H and O–H groups in total. The number of hydrogen-bond donors (Lipinski definition) is 2. The zero-order valence-corrected chi connectivity index (χ0v) is 18.3. The molecule has 0 aliphatic heterocycles. The minimum absolute atomic E-state index is 0.0736. The molecule has 9 heteroatoms. The molecule has 0 saturated heterocycles. The van der Waals surface area contributed by atoms with Crippen LogP contribution >= 0.6 is 22.7 Å². The standard InChI is InChI=1S/C18H27N5O2S2/c1-7-25-17(24)15-11(3)22-16(27-15)12(4)23-18(19-6)20-9-8-14-10(2)21-13(5)26-14/h12H,7-9H2,1-6H3,(H2,19,20,23). The maximum atomic E-state index is 12.0. The SMILES string of the molecule is CCOC(=O)c1sc(C(C)NC(=NC)NCCc2sc(C)nc2C)nc1C. The summed E-state index contributed by atoms with van der Waals surface area (Å²) >= 11 is 3.09. The molecule has 0 spiro atoms. The Kier molecular flexibility index (Phi) is 7.73. The van der Waals surface area contributed by atoms with Gasteiger partial charge in [-0.3, -0.25) is 4.99 Å². The van der Waals surface area contributed by atoms with Crippen LogP contribution in [0, 0.1) is 20.8 Å². The Bertz CT molecular complexity index is 813. The lowest BCUT2D eigenvalue weighted by molar-refractivity contribution is 0.0531. The third-order valence-corrected chi connectivity index (χ3v) is 6.32. The number of aromatic nitrogens is 2. The van der Waals surface area contributed by atoms with E-state index < -0.39 is 0 Å². The number of thiazole rings is 2. The largest absolute Gasteiger partial charge is 0.462 e. The van der Waals surface area contributed by atoms with Crippen LogP contribution in [0.3, 0.4) is 0 Å². The number of rotatable bonds is 7. The number of carbonyl (C=O) groups excluding carboxylic acids is 1. The van der Waals surface area contributed by atoms with E-state index in [1.54, 1.807) is 25.3 Å². The highest BCUT2D eigenvalue weighted by Gasteiger charge is 2.20. The summed E-state index contributed by atoms with van der Waals surface area (Å²) in [6, 6.07) is -0.0736. The van der Waals surface area contributed by atoms with Gasteiger partial charge in [0.2, 0.25) is 0 Å². The smallest absolute Gasteiger partial charge is 0.350 e. The van der Waals surface area contributed by atoms with Gasteiger partial charge in [-0.05, 0) is 34.6 Å². The third kappa shape index (κ3) is 5.74. The van der Waals surface area contributed by atoms with Gasteiger partial charge in [0.15, 0.2) is 5.96 Å². The molecular weight excluding hydrogens is 382 g/mol. The number of nitrogens with one attached hydrogen (secondary N) is 2. The summed E-state index contributed by atoms with van der Waals surface area (Å²) < 4.78 is 5.08. The summed E-state index contributed by atoms with van der Waals surface area (Å²) in [7, 11) is 1.74. The van der Waals surface area contributed by atoms with Crippen LogP contribution in [0.5, 0.6) is 0 Å². The van der Waals surface area contributed by atoms with Crippen LogP contribution in [0.1, 0.15) is 55.8 Å². The van der Waals surface area contributed by atoms with Crippen molar-refractivity contribution in [3.05, 3.63) is 31.2 Å². The van der Waals surface area contributed by atoms with Crippen LogP contribution in [-0.4, -0.2) is 42.1 Å². The molecule has 0 saturated carbocycles. The molecule has 1 atom stereocenters. The van der Waals surface area contributed by atoms with E-state index in [4.69, 9.17) is 4.74 Å². The Balaban J connectivity index is 1.93. The minimum atomic E-state index is -0.316. The number of aryl methyl sites for hydroxylation is 3. The van der Waals surface area contributed by atoms with Crippen molar-refractivity contribution >= 4 is 34.6 Å². The quantitative estimate of drug-likeness (QED) is 0.415. The molecule has 7 nitrogen and oxygen atoms in total. The summed E-state index contributed by atoms with van der Waals surface area (Å²) in [6.07, 6.45) is 0.899. The molecule has 2 aromatic rings. The van der Waals surface area contributed by atoms with Crippen molar-refractivity contribution in [3.8, 4) is 0 Å². The molecule has 2 rings (SSSR count). The van der Waals surface area contributed by atoms with Crippen molar-refractivity contribution in [2.45, 2.75) is 47.1 Å². The van der Waals surface area contributed by atoms with E-state index in [1.807, 2.05) is 27.7 Å². The Morgan fingerprint density at radius 3 is 2.56 bits per heavy atom. The number of hydrogen-bond acceptors (Lipinski definition) is 7. The molecule has 0 aromatic carbocycles. The number of ether oxygens (including phenoxy) is 1. The summed E-state index contributed by atoms with van der Waals surface area (Å²) in [5.41, 5.74) is 1.79. The zero-order chi connectivity index (χ0) is 20.0. The van der Waals surface area contributed by atoms with Gasteiger partial charge >= 0.3 is 5.97 Å². The van der Waals surface area contributed by atoms with Crippen LogP contribution < -0.4 is 10.6 Å². The van der Waals surface area contributed by atoms with Gasteiger partial charge in [0.05, 0.1) is 29.0 Å². The first-order chi connectivity index (χ1) is 12.8. The number of esters is 1. The van der Waals surface area contributed by atoms with E-state index in [2.05, 4.69) is 25.6 Å². The molecule has 27 heavy (non-hydrogen) atoms. The van der Waals surface area contributed by atoms with Crippen LogP contribution in [-0.2, 0) is 11.2 Å². The highest BCUT2D eigenvalue weighted by Crippen LogP contribution is 2.24. The Hall–Kier alpha value is -2.00. The Morgan fingerprint density at radius 2 is 1.96 bits per heavy atom. The molecule has 1 unspecified atom stereocenters. The molecule has 0 aliphatic rings. The van der Waals surface area contributed by atoms with Gasteiger partial charge in [-0.25, -0.2) is 14.8 Å². The zero-order valence-electron chi connectivity index (χ0n) is 16.7. The predicted molar refractivity (Wildman–Crippen MR) is 111 cm³/mol. The average molecular weight is 410 g/mol. The second-order valence-electron chi connectivity index (χ2n) is 6.04. The maximum absolute atomic E-state index is 12.0. The molecule has 2 heterocycles. The van der Waals surface area contributed by atoms with Crippen LogP contribution in [0.4, 0.5) is 0 Å². The fourth-order valence-corrected chi connectivity index (χ4v) is 4.45. The normalized spacial score (nSPS) is 12.7. The van der Waals surface area contributed by atoms with Gasteiger partial charge in [0.25, 0.3) is 0 Å². The van der Waals surface area contributed by atoms with Crippen LogP contribution in [0.25, 0.3) is 0 Å². The first-order valence-corrected chi connectivity index (χ1v) is 10.5. The molecule has 148 valence electrons. The van der Waals surface area contributed by atoms with Crippen LogP contribution in [0.15, 0.2) is 4.99 Å². The Labute approximate surface area is 168 Å². The summed E-state index contributed by atoms with van der Waals surface area (Å²) in [4.78, 5) is 27.1. The summed E-state index contributed by atoms with van der Waals surface area (Å²) in [5.74, 6) is 0.385. The maximum Gasteiger partial charge on any atom is 0.350 e. The van der Waals surface area contributed by atoms with Gasteiger partial charge in [-0.1, -0.05) is 0 Å². The van der Waals surface area contributed by atoms with Crippen molar-refractivity contribution < 1.29 is 9.53 Å². The highest BCUT2D eigenvalue weighted by molar-refractivity contribution is 7.13. The van der Waals surface area contributed by atoms with E-state index in [9.17, 15) is 4.79 Å². The molecule has 0 aliphatic carbocycles. The minimum Gasteiger partial charge on any atom is -0.462 e. The van der Waals surface area contributed by atoms with Crippen molar-refractivity contribution in [1.82, 2.24) is 20.6 Å². The van der Waals surface area contributed by atoms with E-state index in [-0.39, 0.29) is 12.0 Å². The molecule has 0 radical (unpaired) electrons. The lowest BCUT2D eigenvalue weighted by Crippen LogP contribution is -2.39. The van der Waals surface area contributed by atoms with Gasteiger partial charge in [-0.2, -0.15) is 0 Å². The summed E-state index contributed by atoms with van der Waals surface area (Å²) in [6.45, 7) is 10.8. The number of aliphatic imine (C=N–C) groups is 1. The van der Waals surface area contributed by atoms with E-state index in [1.165, 1.54) is 16.2 Å². The third-order valence-electron chi connectivity index (χ3n) is 3.87. The van der Waals surface area contributed by atoms with E-state index in [0.717, 1.165) is 28.7 Å². The highest BCUT2D eigenvalue weighted by atomic mass is 32.1. The first-order valence-electron chi connectivity index (χ1n) is 8.90. The van der Waals surface area contributed by atoms with E-state index >= 15 is 0 Å². The van der Waals surface area contributed by atoms with Crippen molar-refractivity contribution in [3.63, 3.8) is 0 Å². The molecule has 0 fully saturated rings. The van der Waals surface area contributed by atoms with Gasteiger partial charge in [-0.15, -0.1) is 22.7 Å². The predicted octanol–water partition coefficient (Wildman–Crippen LogP) is 3.17. The monoisotopic (exact) mass is 409 g/mol. The fourth-order valence-electron chi connectivity index (χ4n) is 2.55. The second-order valence-corrected chi connectivity index (χ2v) is 8.36. The molecule has 0 amide bonds. The Morgan fingerprint density at radius 1 is 1.22 bits per heavy atom. The van der Waals surface area contributed by atoms with Crippen molar-refractivity contribution in [2.24, 2.45) is 4.99 Å². The van der Waals surface area contributed by atoms with Crippen molar-refractivity contribution in [2.75, 3.05) is 20.2 Å². The van der Waals surface area contributed by atoms with Gasteiger partial charge in [0, 0.05) is 24.9 Å². The topological polar surface area (TPSA) is 88.5 Å². The number of carbonyl (C=O) groups is 1. The lowest BCUT2D eigenvalue weighted by atomic mass is 10.3. The molecular formula is C18H27N5O2S2. The number of nitrogens with zero attached hydrogens (tertiary/aromatic N) is 3. The summed E-state index contributed by atoms with van der Waals surface area (Å²) in [5, 5.41) is 8.56.